The minimum absolute atomic E-state index is 0.113. The Morgan fingerprint density at radius 3 is 1.95 bits per heavy atom. The van der Waals surface area contributed by atoms with Gasteiger partial charge in [-0.3, -0.25) is 9.59 Å². The van der Waals surface area contributed by atoms with Crippen molar-refractivity contribution in [3.05, 3.63) is 65.7 Å². The molecule has 9 nitrogen and oxygen atoms in total. The van der Waals surface area contributed by atoms with Gasteiger partial charge < -0.3 is 30.0 Å². The Balaban J connectivity index is 2.08. The van der Waals surface area contributed by atoms with Crippen molar-refractivity contribution in [3.63, 3.8) is 0 Å². The molecule has 0 fully saturated rings. The van der Waals surface area contributed by atoms with Crippen molar-refractivity contribution in [3.8, 4) is 28.7 Å². The van der Waals surface area contributed by atoms with Gasteiger partial charge in [-0.2, -0.15) is 0 Å². The first-order valence-corrected chi connectivity index (χ1v) is 11.2. The predicted molar refractivity (Wildman–Crippen MR) is 136 cm³/mol. The highest BCUT2D eigenvalue weighted by Gasteiger charge is 2.35. The number of hydrogen-bond acceptors (Lipinski definition) is 7. The molecule has 3 N–H and O–H groups in total. The minimum atomic E-state index is -5.33. The van der Waals surface area contributed by atoms with Gasteiger partial charge >= 0.3 is 12.7 Å². The van der Waals surface area contributed by atoms with Crippen LogP contribution in [0, 0.1) is 5.82 Å². The van der Waals surface area contributed by atoms with E-state index in [0.717, 1.165) is 42.6 Å². The number of hydrogen-bond donors (Lipinski definition) is 2. The van der Waals surface area contributed by atoms with Crippen molar-refractivity contribution in [1.29, 1.82) is 0 Å². The highest BCUT2D eigenvalue weighted by Crippen LogP contribution is 2.40. The maximum atomic E-state index is 15.3. The smallest absolute Gasteiger partial charge is 0.510 e. The molecular weight excluding hydrogens is 568 g/mol. The summed E-state index contributed by atoms with van der Waals surface area (Å²) in [5.74, 6) is -7.44. The van der Waals surface area contributed by atoms with Crippen molar-refractivity contribution in [2.75, 3.05) is 5.32 Å². The van der Waals surface area contributed by atoms with Crippen LogP contribution in [0.1, 0.15) is 20.8 Å². The quantitative estimate of drug-likeness (QED) is 0.292. The number of carbonyl (C=O) groups excluding carboxylic acids is 2. The number of anilines is 1. The Morgan fingerprint density at radius 1 is 0.805 bits per heavy atom. The Morgan fingerprint density at radius 2 is 1.41 bits per heavy atom. The van der Waals surface area contributed by atoms with Crippen LogP contribution in [0.2, 0.25) is 0 Å². The molecule has 3 rings (SSSR count). The van der Waals surface area contributed by atoms with Gasteiger partial charge in [-0.05, 0) is 36.4 Å². The van der Waals surface area contributed by atoms with Crippen LogP contribution in [-0.2, 0) is 0 Å². The van der Waals surface area contributed by atoms with E-state index in [4.69, 9.17) is 15.2 Å². The summed E-state index contributed by atoms with van der Waals surface area (Å²) in [5, 5.41) is 1.18. The molecule has 0 saturated heterocycles. The summed E-state index contributed by atoms with van der Waals surface area (Å²) >= 11 is 0. The molecule has 0 aliphatic carbocycles. The molecule has 0 saturated carbocycles. The average molecular weight is 585 g/mol. The third-order valence-electron chi connectivity index (χ3n) is 4.58. The third kappa shape index (κ3) is 8.98. The van der Waals surface area contributed by atoms with E-state index in [9.17, 15) is 35.9 Å². The molecule has 0 bridgehead atoms. The predicted octanol–water partition coefficient (Wildman–Crippen LogP) is 2.05. The fraction of sp³-hybridized carbons (Fsp3) is 0.136. The number of alkyl halides is 6. The van der Waals surface area contributed by atoms with Crippen molar-refractivity contribution >= 4 is 41.0 Å². The molecule has 0 unspecified atom stereocenters. The van der Waals surface area contributed by atoms with Gasteiger partial charge in [0, 0.05) is 11.4 Å². The summed E-state index contributed by atoms with van der Waals surface area (Å²) in [4.78, 5) is 27.9. The number of primary amides is 1. The van der Waals surface area contributed by atoms with Gasteiger partial charge in [0.25, 0.3) is 11.8 Å². The van der Waals surface area contributed by atoms with Gasteiger partial charge in [-0.1, -0.05) is 0 Å². The van der Waals surface area contributed by atoms with Crippen molar-refractivity contribution in [1.82, 2.24) is 4.98 Å². The highest BCUT2D eigenvalue weighted by molar-refractivity contribution is 6.58. The number of halogens is 7. The number of pyridine rings is 1. The van der Waals surface area contributed by atoms with Gasteiger partial charge in [0.1, 0.15) is 46.3 Å². The molecule has 0 aliphatic rings. The normalized spacial score (nSPS) is 11.9. The van der Waals surface area contributed by atoms with Gasteiger partial charge in [0.15, 0.2) is 23.1 Å². The second kappa shape index (κ2) is 11.5. The monoisotopic (exact) mass is 585 g/mol. The molecule has 0 aliphatic heterocycles. The van der Waals surface area contributed by atoms with Crippen molar-refractivity contribution in [2.24, 2.45) is 5.73 Å². The number of amides is 2. The van der Waals surface area contributed by atoms with Gasteiger partial charge in [-0.25, -0.2) is 9.37 Å². The Labute approximate surface area is 229 Å². The second-order valence-electron chi connectivity index (χ2n) is 9.02. The minimum Gasteiger partial charge on any atom is -0.510 e. The van der Waals surface area contributed by atoms with E-state index >= 15 is 4.39 Å². The van der Waals surface area contributed by atoms with E-state index in [0.29, 0.717) is 6.07 Å². The van der Waals surface area contributed by atoms with Crippen LogP contribution in [0.4, 0.5) is 36.4 Å². The fourth-order valence-electron chi connectivity index (χ4n) is 3.14. The highest BCUT2D eigenvalue weighted by atomic mass is 19.4. The summed E-state index contributed by atoms with van der Waals surface area (Å²) in [6, 6.07) is 6.19. The summed E-state index contributed by atoms with van der Waals surface area (Å²) < 4.78 is 111. The van der Waals surface area contributed by atoms with Crippen LogP contribution in [0.25, 0.3) is 0 Å². The van der Waals surface area contributed by atoms with Crippen LogP contribution in [0.5, 0.6) is 28.7 Å². The van der Waals surface area contributed by atoms with E-state index in [1.54, 1.807) is 23.5 Å². The first-order chi connectivity index (χ1) is 18.8. The number of nitrogens with one attached hydrogen (secondary N) is 1. The fourth-order valence-corrected chi connectivity index (χ4v) is 3.14. The first kappa shape index (κ1) is 31.0. The second-order valence-corrected chi connectivity index (χ2v) is 9.02. The summed E-state index contributed by atoms with van der Waals surface area (Å²) in [6.07, 6.45) is -9.40. The van der Waals surface area contributed by atoms with E-state index in [-0.39, 0.29) is 22.9 Å². The van der Waals surface area contributed by atoms with E-state index in [1.807, 2.05) is 0 Å². The van der Waals surface area contributed by atoms with E-state index in [1.165, 1.54) is 0 Å². The number of nitrogens with two attached hydrogens (primary N) is 1. The molecule has 0 radical (unpaired) electrons. The third-order valence-corrected chi connectivity index (χ3v) is 4.58. The molecule has 19 heteroatoms. The van der Waals surface area contributed by atoms with Crippen molar-refractivity contribution in [2.45, 2.75) is 18.0 Å². The van der Waals surface area contributed by atoms with Crippen LogP contribution in [0.3, 0.4) is 0 Å². The lowest BCUT2D eigenvalue weighted by molar-refractivity contribution is -0.276. The van der Waals surface area contributed by atoms with Gasteiger partial charge in [0.05, 0.1) is 11.9 Å². The zero-order valence-corrected chi connectivity index (χ0v) is 21.2. The zero-order chi connectivity index (χ0) is 30.8. The lowest BCUT2D eigenvalue weighted by atomic mass is 9.52. The molecule has 0 spiro atoms. The lowest BCUT2D eigenvalue weighted by Crippen LogP contribution is -2.37. The average Bonchev–Trinajstić information content (AvgIpc) is 2.80. The zero-order valence-electron chi connectivity index (χ0n) is 21.2. The van der Waals surface area contributed by atoms with Crippen molar-refractivity contribution < 1.29 is 59.3 Å². The molecule has 214 valence electrons. The number of aromatic nitrogens is 1. The van der Waals surface area contributed by atoms with Crippen LogP contribution in [-0.4, -0.2) is 58.4 Å². The molecule has 1 heterocycles. The summed E-state index contributed by atoms with van der Waals surface area (Å²) in [5.41, 5.74) is 3.72. The maximum absolute atomic E-state index is 15.3. The molecule has 2 amide bonds. The number of benzene rings is 2. The SMILES string of the molecule is BC(B)(B)Oc1cc(OC(F)(F)F)ccc1Oc1ccc(OC(F)(F)F)c(F)c1C(=O)Nc1ccc(C(N)=O)nc1. The molecular formula is C22H17B3F7N3O6. The van der Waals surface area contributed by atoms with Crippen LogP contribution < -0.4 is 30.0 Å². The van der Waals surface area contributed by atoms with E-state index < -0.39 is 58.5 Å². The largest absolute Gasteiger partial charge is 0.573 e. The Bertz CT molecular complexity index is 1450. The summed E-state index contributed by atoms with van der Waals surface area (Å²) in [7, 11) is 4.65. The topological polar surface area (TPSA) is 122 Å². The number of carbonyl (C=O) groups is 2. The molecule has 1 aromatic heterocycles. The molecule has 3 aromatic rings. The van der Waals surface area contributed by atoms with Crippen LogP contribution in [0.15, 0.2) is 48.7 Å². The standard InChI is InChI=1S/C22H17B3F7N3O6/c23-20(24,25)40-15-7-10(39-21(27,28)29)2-4-12(15)38-13-5-6-14(41-22(30,31)32)17(26)16(13)19(37)35-9-1-3-11(18(33)36)34-8-9/h1-8H,23-25H2,(H2,33,36)(H,35,37). The number of ether oxygens (including phenoxy) is 4. The Kier molecular flexibility index (Phi) is 8.69. The maximum Gasteiger partial charge on any atom is 0.573 e. The first-order valence-electron chi connectivity index (χ1n) is 11.2. The van der Waals surface area contributed by atoms with Crippen LogP contribution >= 0.6 is 0 Å². The molecule has 2 aromatic carbocycles. The lowest BCUT2D eigenvalue weighted by Gasteiger charge is -2.24. The van der Waals surface area contributed by atoms with E-state index in [2.05, 4.69) is 19.8 Å². The molecule has 41 heavy (non-hydrogen) atoms. The number of nitrogens with zero attached hydrogens (tertiary/aromatic N) is 1. The number of rotatable bonds is 9. The van der Waals surface area contributed by atoms with Gasteiger partial charge in [-0.15, -0.1) is 26.3 Å². The Hall–Kier alpha value is -4.57. The molecule has 0 atom stereocenters. The van der Waals surface area contributed by atoms with Gasteiger partial charge in [0.2, 0.25) is 0 Å². The summed E-state index contributed by atoms with van der Waals surface area (Å²) in [6.45, 7) is 0.